The highest BCUT2D eigenvalue weighted by molar-refractivity contribution is 7.07. The van der Waals surface area contributed by atoms with E-state index in [1.807, 2.05) is 16.8 Å². The second kappa shape index (κ2) is 6.83. The molecule has 0 N–H and O–H groups in total. The monoisotopic (exact) mass is 349 g/mol. The van der Waals surface area contributed by atoms with Gasteiger partial charge in [0.2, 0.25) is 0 Å². The summed E-state index contributed by atoms with van der Waals surface area (Å²) in [6.45, 7) is 0.191. The number of carbonyl (C=O) groups excluding carboxylic acids is 1. The van der Waals surface area contributed by atoms with Gasteiger partial charge in [-0.2, -0.15) is 26.6 Å². The molecule has 0 radical (unpaired) electrons. The number of anilines is 1. The number of nitrogens with zero attached hydrogens (tertiary/aromatic N) is 5. The molecule has 3 aromatic heterocycles. The van der Waals surface area contributed by atoms with E-state index in [9.17, 15) is 13.6 Å². The number of aromatic nitrogens is 4. The molecule has 3 heterocycles. The molecule has 0 saturated heterocycles. The number of amides is 1. The largest absolute Gasteiger partial charge is 0.310 e. The van der Waals surface area contributed by atoms with Crippen LogP contribution in [0.3, 0.4) is 0 Å². The molecular weight excluding hydrogens is 336 g/mol. The minimum absolute atomic E-state index is 0.125. The van der Waals surface area contributed by atoms with Crippen LogP contribution in [0.2, 0.25) is 0 Å². The van der Waals surface area contributed by atoms with E-state index in [0.29, 0.717) is 5.69 Å². The van der Waals surface area contributed by atoms with Crippen molar-refractivity contribution in [1.29, 1.82) is 0 Å². The highest BCUT2D eigenvalue weighted by Gasteiger charge is 2.27. The van der Waals surface area contributed by atoms with E-state index < -0.39 is 12.3 Å². The van der Waals surface area contributed by atoms with Gasteiger partial charge in [-0.3, -0.25) is 9.48 Å². The van der Waals surface area contributed by atoms with Crippen LogP contribution in [0.25, 0.3) is 0 Å². The minimum atomic E-state index is -2.81. The Morgan fingerprint density at radius 2 is 2.17 bits per heavy atom. The summed E-state index contributed by atoms with van der Waals surface area (Å²) in [5, 5.41) is 15.0. The van der Waals surface area contributed by atoms with Gasteiger partial charge in [0.25, 0.3) is 12.3 Å². The standard InChI is InChI=1S/C15H13F2N5OS/c1-21(11-2-4-18-19-6-11)15(23)12-7-20-22(13(12)14(16)17)8-10-3-5-24-9-10/h2-7,9,14H,8H2,1H3. The van der Waals surface area contributed by atoms with Crippen LogP contribution in [-0.4, -0.2) is 32.9 Å². The zero-order valence-electron chi connectivity index (χ0n) is 12.6. The Labute approximate surface area is 140 Å². The molecule has 9 heteroatoms. The third kappa shape index (κ3) is 3.16. The van der Waals surface area contributed by atoms with Crippen LogP contribution < -0.4 is 4.90 Å². The van der Waals surface area contributed by atoms with Crippen molar-refractivity contribution in [3.05, 3.63) is 58.3 Å². The van der Waals surface area contributed by atoms with Crippen molar-refractivity contribution in [3.63, 3.8) is 0 Å². The molecule has 0 aliphatic rings. The molecule has 0 saturated carbocycles. The van der Waals surface area contributed by atoms with Crippen molar-refractivity contribution in [2.45, 2.75) is 13.0 Å². The van der Waals surface area contributed by atoms with Crippen molar-refractivity contribution in [3.8, 4) is 0 Å². The highest BCUT2D eigenvalue weighted by atomic mass is 32.1. The zero-order valence-corrected chi connectivity index (χ0v) is 13.5. The fourth-order valence-electron chi connectivity index (χ4n) is 2.25. The molecule has 3 aromatic rings. The van der Waals surface area contributed by atoms with Gasteiger partial charge in [0, 0.05) is 7.05 Å². The molecular formula is C15H13F2N5OS. The second-order valence-corrected chi connectivity index (χ2v) is 5.78. The Balaban J connectivity index is 1.93. The third-order valence-corrected chi connectivity index (χ3v) is 4.22. The molecule has 0 bridgehead atoms. The molecule has 0 fully saturated rings. The number of halogens is 2. The molecule has 124 valence electrons. The summed E-state index contributed by atoms with van der Waals surface area (Å²) in [6, 6.07) is 3.40. The van der Waals surface area contributed by atoms with Crippen molar-refractivity contribution >= 4 is 22.9 Å². The number of thiophene rings is 1. The van der Waals surface area contributed by atoms with Gasteiger partial charge < -0.3 is 4.90 Å². The topological polar surface area (TPSA) is 63.9 Å². The number of rotatable bonds is 5. The van der Waals surface area contributed by atoms with Crippen LogP contribution in [0.4, 0.5) is 14.5 Å². The number of hydrogen-bond donors (Lipinski definition) is 0. The fourth-order valence-corrected chi connectivity index (χ4v) is 2.91. The van der Waals surface area contributed by atoms with E-state index in [0.717, 1.165) is 5.56 Å². The number of hydrogen-bond acceptors (Lipinski definition) is 5. The maximum atomic E-state index is 13.5. The van der Waals surface area contributed by atoms with Crippen molar-refractivity contribution in [1.82, 2.24) is 20.0 Å². The Hall–Kier alpha value is -2.68. The Bertz CT molecular complexity index is 820. The lowest BCUT2D eigenvalue weighted by atomic mass is 10.2. The van der Waals surface area contributed by atoms with E-state index >= 15 is 0 Å². The van der Waals surface area contributed by atoms with Gasteiger partial charge in [-0.25, -0.2) is 8.78 Å². The summed E-state index contributed by atoms with van der Waals surface area (Å²) in [6.07, 6.45) is 1.18. The van der Waals surface area contributed by atoms with Gasteiger partial charge in [0.05, 0.1) is 36.4 Å². The summed E-state index contributed by atoms with van der Waals surface area (Å²) in [7, 11) is 1.49. The van der Waals surface area contributed by atoms with Crippen LogP contribution in [0.5, 0.6) is 0 Å². The quantitative estimate of drug-likeness (QED) is 0.710. The van der Waals surface area contributed by atoms with E-state index in [-0.39, 0.29) is 17.8 Å². The molecule has 0 spiro atoms. The predicted molar refractivity (Wildman–Crippen MR) is 85.4 cm³/mol. The first-order valence-corrected chi connectivity index (χ1v) is 7.92. The summed E-state index contributed by atoms with van der Waals surface area (Å²) in [4.78, 5) is 13.8. The zero-order chi connectivity index (χ0) is 17.1. The van der Waals surface area contributed by atoms with Crippen LogP contribution in [0, 0.1) is 0 Å². The van der Waals surface area contributed by atoms with Crippen LogP contribution in [0.15, 0.2) is 41.5 Å². The summed E-state index contributed by atoms with van der Waals surface area (Å²) >= 11 is 1.47. The van der Waals surface area contributed by atoms with E-state index in [1.165, 1.54) is 46.6 Å². The van der Waals surface area contributed by atoms with Gasteiger partial charge in [0.15, 0.2) is 0 Å². The average molecular weight is 349 g/mol. The van der Waals surface area contributed by atoms with E-state index in [2.05, 4.69) is 15.3 Å². The molecule has 24 heavy (non-hydrogen) atoms. The van der Waals surface area contributed by atoms with Crippen LogP contribution in [-0.2, 0) is 6.54 Å². The van der Waals surface area contributed by atoms with Gasteiger partial charge >= 0.3 is 0 Å². The fraction of sp³-hybridized carbons (Fsp3) is 0.200. The molecule has 6 nitrogen and oxygen atoms in total. The maximum absolute atomic E-state index is 13.5. The lowest BCUT2D eigenvalue weighted by Crippen LogP contribution is -2.27. The molecule has 1 amide bonds. The van der Waals surface area contributed by atoms with E-state index in [4.69, 9.17) is 0 Å². The first-order valence-electron chi connectivity index (χ1n) is 6.97. The first-order chi connectivity index (χ1) is 11.6. The average Bonchev–Trinajstić information content (AvgIpc) is 3.24. The number of alkyl halides is 2. The Morgan fingerprint density at radius 1 is 1.33 bits per heavy atom. The summed E-state index contributed by atoms with van der Waals surface area (Å²) in [5.74, 6) is -0.574. The van der Waals surface area contributed by atoms with E-state index in [1.54, 1.807) is 6.07 Å². The first kappa shape index (κ1) is 16.2. The summed E-state index contributed by atoms with van der Waals surface area (Å²) < 4.78 is 28.2. The highest BCUT2D eigenvalue weighted by Crippen LogP contribution is 2.26. The lowest BCUT2D eigenvalue weighted by Gasteiger charge is -2.17. The second-order valence-electron chi connectivity index (χ2n) is 5.00. The molecule has 0 aliphatic carbocycles. The lowest BCUT2D eigenvalue weighted by molar-refractivity contribution is 0.0974. The molecule has 0 unspecified atom stereocenters. The van der Waals surface area contributed by atoms with Gasteiger partial charge in [-0.15, -0.1) is 0 Å². The molecule has 3 rings (SSSR count). The van der Waals surface area contributed by atoms with Crippen LogP contribution >= 0.6 is 11.3 Å². The molecule has 0 atom stereocenters. The van der Waals surface area contributed by atoms with Gasteiger partial charge in [0.1, 0.15) is 5.69 Å². The summed E-state index contributed by atoms with van der Waals surface area (Å²) in [5.41, 5.74) is 0.802. The SMILES string of the molecule is CN(C(=O)c1cnn(Cc2ccsc2)c1C(F)F)c1ccnnc1. The predicted octanol–water partition coefficient (Wildman–Crippen LogP) is 3.00. The van der Waals surface area contributed by atoms with Crippen molar-refractivity contribution in [2.75, 3.05) is 11.9 Å². The van der Waals surface area contributed by atoms with Gasteiger partial charge in [-0.1, -0.05) is 0 Å². The Morgan fingerprint density at radius 3 is 2.79 bits per heavy atom. The maximum Gasteiger partial charge on any atom is 0.280 e. The van der Waals surface area contributed by atoms with Crippen LogP contribution in [0.1, 0.15) is 28.0 Å². The molecule has 0 aromatic carbocycles. The third-order valence-electron chi connectivity index (χ3n) is 3.49. The van der Waals surface area contributed by atoms with Crippen molar-refractivity contribution < 1.29 is 13.6 Å². The van der Waals surface area contributed by atoms with Gasteiger partial charge in [-0.05, 0) is 28.5 Å². The smallest absolute Gasteiger partial charge is 0.280 e. The normalized spacial score (nSPS) is 11.0. The van der Waals surface area contributed by atoms with Crippen molar-refractivity contribution in [2.24, 2.45) is 0 Å². The molecule has 0 aliphatic heterocycles. The minimum Gasteiger partial charge on any atom is -0.310 e. The Kier molecular flexibility index (Phi) is 4.61. The number of carbonyl (C=O) groups is 1.